The van der Waals surface area contributed by atoms with E-state index in [0.717, 1.165) is 29.7 Å². The average molecular weight is 449 g/mol. The van der Waals surface area contributed by atoms with E-state index >= 15 is 0 Å². The molecule has 4 rings (SSSR count). The summed E-state index contributed by atoms with van der Waals surface area (Å²) in [5.41, 5.74) is 3.18. The van der Waals surface area contributed by atoms with Crippen LogP contribution >= 0.6 is 0 Å². The number of pyridine rings is 1. The summed E-state index contributed by atoms with van der Waals surface area (Å²) < 4.78 is 16.2. The molecule has 0 radical (unpaired) electrons. The van der Waals surface area contributed by atoms with E-state index in [1.54, 1.807) is 24.5 Å². The number of nitrogens with zero attached hydrogens (tertiary/aromatic N) is 3. The van der Waals surface area contributed by atoms with E-state index in [4.69, 9.17) is 19.2 Å². The molecule has 1 aromatic carbocycles. The lowest BCUT2D eigenvalue weighted by atomic mass is 9.74. The minimum atomic E-state index is -0.235. The predicted molar refractivity (Wildman–Crippen MR) is 124 cm³/mol. The average Bonchev–Trinajstić information content (AvgIpc) is 2.82. The zero-order chi connectivity index (χ0) is 23.6. The van der Waals surface area contributed by atoms with Gasteiger partial charge in [-0.25, -0.2) is 9.97 Å². The number of carbonyl (C=O) groups is 1. The van der Waals surface area contributed by atoms with Gasteiger partial charge in [-0.1, -0.05) is 13.8 Å². The minimum Gasteiger partial charge on any atom is -0.493 e. The number of hydrogen-bond donors (Lipinski definition) is 1. The van der Waals surface area contributed by atoms with Gasteiger partial charge in [0, 0.05) is 35.3 Å². The molecule has 172 valence electrons. The molecule has 1 atom stereocenters. The van der Waals surface area contributed by atoms with Crippen LogP contribution in [0.25, 0.3) is 11.4 Å². The maximum Gasteiger partial charge on any atom is 0.252 e. The van der Waals surface area contributed by atoms with Gasteiger partial charge in [-0.05, 0) is 42.5 Å². The van der Waals surface area contributed by atoms with Crippen LogP contribution in [0.3, 0.4) is 0 Å². The van der Waals surface area contributed by atoms with Gasteiger partial charge in [0.1, 0.15) is 0 Å². The summed E-state index contributed by atoms with van der Waals surface area (Å²) in [6, 6.07) is 6.85. The van der Waals surface area contributed by atoms with E-state index in [1.807, 2.05) is 18.3 Å². The third kappa shape index (κ3) is 4.60. The monoisotopic (exact) mass is 448 g/mol. The zero-order valence-electron chi connectivity index (χ0n) is 19.5. The summed E-state index contributed by atoms with van der Waals surface area (Å²) in [6.07, 6.45) is 6.85. The lowest BCUT2D eigenvalue weighted by Gasteiger charge is -2.36. The van der Waals surface area contributed by atoms with Crippen LogP contribution in [-0.4, -0.2) is 42.2 Å². The summed E-state index contributed by atoms with van der Waals surface area (Å²) >= 11 is 0. The Kier molecular flexibility index (Phi) is 6.18. The van der Waals surface area contributed by atoms with Gasteiger partial charge >= 0.3 is 0 Å². The molecule has 8 nitrogen and oxygen atoms in total. The molecule has 1 amide bonds. The van der Waals surface area contributed by atoms with Crippen molar-refractivity contribution in [2.45, 2.75) is 32.7 Å². The first-order chi connectivity index (χ1) is 15.8. The second kappa shape index (κ2) is 9.05. The number of rotatable bonds is 6. The fraction of sp³-hybridized carbons (Fsp3) is 0.360. The Bertz CT molecular complexity index is 1140. The quantitative estimate of drug-likeness (QED) is 0.609. The van der Waals surface area contributed by atoms with Gasteiger partial charge < -0.3 is 19.5 Å². The van der Waals surface area contributed by atoms with Crippen molar-refractivity contribution in [3.05, 3.63) is 59.7 Å². The highest BCUT2D eigenvalue weighted by Crippen LogP contribution is 2.41. The summed E-state index contributed by atoms with van der Waals surface area (Å²) in [4.78, 5) is 26.7. The molecule has 0 spiro atoms. The first-order valence-corrected chi connectivity index (χ1v) is 10.7. The van der Waals surface area contributed by atoms with Gasteiger partial charge in [-0.3, -0.25) is 9.78 Å². The van der Waals surface area contributed by atoms with E-state index in [9.17, 15) is 4.79 Å². The standard InChI is InChI=1S/C25H28N4O4/c1-25(2)12-18-17(14-27-23(28-18)15-6-8-26-9-7-15)19(13-25)29-24(30)16-10-20(31-3)22(33-5)21(11-16)32-4/h6-11,14,19H,12-13H2,1-5H3,(H,29,30). The normalized spacial score (nSPS) is 16.5. The molecule has 1 aliphatic rings. The van der Waals surface area contributed by atoms with E-state index in [1.165, 1.54) is 21.3 Å². The fourth-order valence-corrected chi connectivity index (χ4v) is 4.27. The maximum absolute atomic E-state index is 13.2. The molecule has 2 aromatic heterocycles. The number of methoxy groups -OCH3 is 3. The van der Waals surface area contributed by atoms with Crippen molar-refractivity contribution < 1.29 is 19.0 Å². The first kappa shape index (κ1) is 22.5. The van der Waals surface area contributed by atoms with Crippen molar-refractivity contribution in [2.75, 3.05) is 21.3 Å². The number of aromatic nitrogens is 3. The van der Waals surface area contributed by atoms with Crippen molar-refractivity contribution in [3.8, 4) is 28.6 Å². The third-order valence-corrected chi connectivity index (χ3v) is 5.85. The van der Waals surface area contributed by atoms with Crippen LogP contribution in [0.15, 0.2) is 42.9 Å². The second-order valence-corrected chi connectivity index (χ2v) is 8.82. The van der Waals surface area contributed by atoms with Gasteiger partial charge in [0.05, 0.1) is 33.1 Å². The summed E-state index contributed by atoms with van der Waals surface area (Å²) in [5.74, 6) is 1.72. The van der Waals surface area contributed by atoms with E-state index < -0.39 is 0 Å². The highest BCUT2D eigenvalue weighted by molar-refractivity contribution is 5.96. The Morgan fingerprint density at radius 1 is 1.06 bits per heavy atom. The smallest absolute Gasteiger partial charge is 0.252 e. The van der Waals surface area contributed by atoms with Crippen molar-refractivity contribution >= 4 is 5.91 Å². The van der Waals surface area contributed by atoms with Gasteiger partial charge in [-0.2, -0.15) is 0 Å². The van der Waals surface area contributed by atoms with Crippen LogP contribution in [-0.2, 0) is 6.42 Å². The molecular formula is C25H28N4O4. The molecule has 1 unspecified atom stereocenters. The van der Waals surface area contributed by atoms with Gasteiger partial charge in [-0.15, -0.1) is 0 Å². The zero-order valence-corrected chi connectivity index (χ0v) is 19.5. The Balaban J connectivity index is 1.66. The molecule has 0 saturated heterocycles. The van der Waals surface area contributed by atoms with Crippen LogP contribution in [0.4, 0.5) is 0 Å². The fourth-order valence-electron chi connectivity index (χ4n) is 4.27. The van der Waals surface area contributed by atoms with Crippen LogP contribution in [0.1, 0.15) is 47.9 Å². The molecule has 3 aromatic rings. The van der Waals surface area contributed by atoms with Crippen molar-refractivity contribution in [1.29, 1.82) is 0 Å². The van der Waals surface area contributed by atoms with Crippen LogP contribution < -0.4 is 19.5 Å². The summed E-state index contributed by atoms with van der Waals surface area (Å²) in [7, 11) is 4.58. The summed E-state index contributed by atoms with van der Waals surface area (Å²) in [6.45, 7) is 4.37. The van der Waals surface area contributed by atoms with Crippen LogP contribution in [0, 0.1) is 5.41 Å². The van der Waals surface area contributed by atoms with Crippen LogP contribution in [0.2, 0.25) is 0 Å². The summed E-state index contributed by atoms with van der Waals surface area (Å²) in [5, 5.41) is 3.17. The van der Waals surface area contributed by atoms with Crippen molar-refractivity contribution in [1.82, 2.24) is 20.3 Å². The molecule has 2 heterocycles. The number of amides is 1. The topological polar surface area (TPSA) is 95.5 Å². The lowest BCUT2D eigenvalue weighted by Crippen LogP contribution is -2.37. The Hall–Kier alpha value is -3.68. The first-order valence-electron chi connectivity index (χ1n) is 10.7. The van der Waals surface area contributed by atoms with E-state index in [2.05, 4.69) is 29.1 Å². The molecule has 0 fully saturated rings. The molecule has 8 heteroatoms. The minimum absolute atomic E-state index is 0.0376. The van der Waals surface area contributed by atoms with Gasteiger partial charge in [0.15, 0.2) is 17.3 Å². The molecule has 0 bridgehead atoms. The SMILES string of the molecule is COc1cc(C(=O)NC2CC(C)(C)Cc3nc(-c4ccncc4)ncc32)cc(OC)c1OC. The molecule has 0 saturated carbocycles. The van der Waals surface area contributed by atoms with E-state index in [0.29, 0.717) is 28.6 Å². The largest absolute Gasteiger partial charge is 0.493 e. The van der Waals surface area contributed by atoms with Crippen LogP contribution in [0.5, 0.6) is 17.2 Å². The second-order valence-electron chi connectivity index (χ2n) is 8.82. The number of hydrogen-bond acceptors (Lipinski definition) is 7. The molecule has 33 heavy (non-hydrogen) atoms. The van der Waals surface area contributed by atoms with Crippen molar-refractivity contribution in [3.63, 3.8) is 0 Å². The molecule has 1 N–H and O–H groups in total. The Morgan fingerprint density at radius 3 is 2.33 bits per heavy atom. The number of nitrogens with one attached hydrogen (secondary N) is 1. The Morgan fingerprint density at radius 2 is 1.73 bits per heavy atom. The number of carbonyl (C=O) groups excluding carboxylic acids is 1. The van der Waals surface area contributed by atoms with Gasteiger partial charge in [0.25, 0.3) is 5.91 Å². The van der Waals surface area contributed by atoms with Gasteiger partial charge in [0.2, 0.25) is 5.75 Å². The van der Waals surface area contributed by atoms with E-state index in [-0.39, 0.29) is 17.4 Å². The molecule has 0 aliphatic heterocycles. The molecular weight excluding hydrogens is 420 g/mol. The molecule has 1 aliphatic carbocycles. The predicted octanol–water partition coefficient (Wildman–Crippen LogP) is 4.01. The number of benzene rings is 1. The third-order valence-electron chi connectivity index (χ3n) is 5.85. The Labute approximate surface area is 193 Å². The highest BCUT2D eigenvalue weighted by atomic mass is 16.5. The lowest BCUT2D eigenvalue weighted by molar-refractivity contribution is 0.0918. The number of fused-ring (bicyclic) bond motifs is 1. The highest BCUT2D eigenvalue weighted by Gasteiger charge is 2.35. The maximum atomic E-state index is 13.2. The van der Waals surface area contributed by atoms with Crippen molar-refractivity contribution in [2.24, 2.45) is 5.41 Å². The number of ether oxygens (including phenoxy) is 3.